The van der Waals surface area contributed by atoms with Crippen molar-refractivity contribution < 1.29 is 17.9 Å². The summed E-state index contributed by atoms with van der Waals surface area (Å²) in [6.07, 6.45) is 0.303. The van der Waals surface area contributed by atoms with Crippen LogP contribution in [0.4, 0.5) is 16.2 Å². The van der Waals surface area contributed by atoms with E-state index in [1.165, 1.54) is 0 Å². The van der Waals surface area contributed by atoms with Crippen LogP contribution in [0.1, 0.15) is 25.0 Å². The van der Waals surface area contributed by atoms with Crippen LogP contribution in [0, 0.1) is 36.2 Å². The molecule has 1 amide bonds. The molecule has 0 spiro atoms. The lowest BCUT2D eigenvalue weighted by Crippen LogP contribution is -2.42. The van der Waals surface area contributed by atoms with Crippen LogP contribution in [-0.4, -0.2) is 53.0 Å². The first-order valence-electron chi connectivity index (χ1n) is 11.8. The number of anilines is 2. The van der Waals surface area contributed by atoms with Gasteiger partial charge in [0.2, 0.25) is 10.0 Å². The van der Waals surface area contributed by atoms with Crippen LogP contribution < -0.4 is 14.5 Å². The van der Waals surface area contributed by atoms with E-state index in [1.54, 1.807) is 56.3 Å². The monoisotopic (exact) mass is 534 g/mol. The second-order valence-electron chi connectivity index (χ2n) is 8.17. The Bertz CT molecular complexity index is 1390. The highest BCUT2D eigenvalue weighted by Crippen LogP contribution is 2.34. The number of nitrogens with one attached hydrogen (secondary N) is 1. The highest BCUT2D eigenvalue weighted by molar-refractivity contribution is 7.88. The minimum atomic E-state index is -3.32. The van der Waals surface area contributed by atoms with E-state index in [0.717, 1.165) is 16.8 Å². The number of likely N-dealkylation sites (N-methyl/N-ethyl adjacent to an activating group) is 1. The molecule has 0 saturated carbocycles. The van der Waals surface area contributed by atoms with Crippen LogP contribution in [0.15, 0.2) is 54.2 Å². The molecular weight excluding hydrogens is 504 g/mol. The molecule has 0 radical (unpaired) electrons. The van der Waals surface area contributed by atoms with Gasteiger partial charge in [-0.05, 0) is 50.1 Å². The van der Waals surface area contributed by atoms with Crippen molar-refractivity contribution in [2.75, 3.05) is 42.3 Å². The molecule has 0 aliphatic rings. The number of nitrogens with zero attached hydrogens (tertiary/aromatic N) is 5. The Morgan fingerprint density at radius 2 is 1.87 bits per heavy atom. The van der Waals surface area contributed by atoms with Crippen molar-refractivity contribution in [1.82, 2.24) is 4.72 Å². The Morgan fingerprint density at radius 1 is 1.18 bits per heavy atom. The van der Waals surface area contributed by atoms with Gasteiger partial charge in [-0.15, -0.1) is 0 Å². The Balaban J connectivity index is 2.62. The van der Waals surface area contributed by atoms with Crippen molar-refractivity contribution in [2.45, 2.75) is 26.8 Å². The summed E-state index contributed by atoms with van der Waals surface area (Å²) in [6.45, 7) is 14.2. The standard InChI is InChI=1S/C27H30N6O4S/c1-6-32(16-15-31-38(5,35)36)22-13-14-24(20(3)17-22)33(27(34)37-7-2)25(19-29)26(23(18-28)30-4)21-11-9-8-10-12-21/h8-14,17,25,31H,6-7,15-16H2,1-3,5H3. The molecule has 0 aromatic heterocycles. The van der Waals surface area contributed by atoms with E-state index in [2.05, 4.69) is 15.6 Å². The van der Waals surface area contributed by atoms with E-state index in [-0.39, 0.29) is 24.4 Å². The lowest BCUT2D eigenvalue weighted by Gasteiger charge is -2.31. The number of carbonyl (C=O) groups excluding carboxylic acids is 1. The quantitative estimate of drug-likeness (QED) is 0.339. The zero-order valence-electron chi connectivity index (χ0n) is 21.8. The number of ether oxygens (including phenoxy) is 1. The highest BCUT2D eigenvalue weighted by atomic mass is 32.2. The van der Waals surface area contributed by atoms with Crippen molar-refractivity contribution in [1.29, 1.82) is 10.5 Å². The molecule has 2 aromatic rings. The zero-order chi connectivity index (χ0) is 28.3. The van der Waals surface area contributed by atoms with Crippen molar-refractivity contribution in [3.63, 3.8) is 0 Å². The fraction of sp³-hybridized carbons (Fsp3) is 0.333. The largest absolute Gasteiger partial charge is 0.449 e. The van der Waals surface area contributed by atoms with Gasteiger partial charge in [-0.25, -0.2) is 28.0 Å². The van der Waals surface area contributed by atoms with E-state index < -0.39 is 22.2 Å². The number of rotatable bonds is 11. The van der Waals surface area contributed by atoms with Crippen LogP contribution in [0.25, 0.3) is 10.4 Å². The summed E-state index contributed by atoms with van der Waals surface area (Å²) in [4.78, 5) is 19.7. The first-order valence-corrected chi connectivity index (χ1v) is 13.7. The lowest BCUT2D eigenvalue weighted by molar-refractivity contribution is 0.159. The minimum absolute atomic E-state index is 0.0554. The topological polar surface area (TPSA) is 131 Å². The molecule has 1 atom stereocenters. The highest BCUT2D eigenvalue weighted by Gasteiger charge is 2.33. The Morgan fingerprint density at radius 3 is 2.37 bits per heavy atom. The fourth-order valence-corrected chi connectivity index (χ4v) is 4.38. The third kappa shape index (κ3) is 7.57. The lowest BCUT2D eigenvalue weighted by atomic mass is 9.95. The number of allylic oxidation sites excluding steroid dienone is 1. The maximum Gasteiger partial charge on any atom is 0.415 e. The molecule has 38 heavy (non-hydrogen) atoms. The molecule has 2 rings (SSSR count). The molecule has 1 N–H and O–H groups in total. The van der Waals surface area contributed by atoms with Crippen molar-refractivity contribution in [3.05, 3.63) is 76.8 Å². The van der Waals surface area contributed by atoms with Crippen LogP contribution in [0.2, 0.25) is 0 Å². The maximum absolute atomic E-state index is 13.2. The Hall–Kier alpha value is -4.37. The normalized spacial score (nSPS) is 12.2. The van der Waals surface area contributed by atoms with Gasteiger partial charge in [0.25, 0.3) is 5.70 Å². The number of benzene rings is 2. The van der Waals surface area contributed by atoms with Crippen LogP contribution in [-0.2, 0) is 14.8 Å². The number of nitriles is 2. The van der Waals surface area contributed by atoms with Gasteiger partial charge in [-0.1, -0.05) is 30.3 Å². The van der Waals surface area contributed by atoms with Gasteiger partial charge in [0, 0.05) is 30.9 Å². The number of sulfonamides is 1. The van der Waals surface area contributed by atoms with Crippen LogP contribution in [0.5, 0.6) is 0 Å². The Labute approximate surface area is 224 Å². The van der Waals surface area contributed by atoms with E-state index in [9.17, 15) is 23.7 Å². The summed E-state index contributed by atoms with van der Waals surface area (Å²) in [5.41, 5.74) is 2.06. The number of hydrogen-bond acceptors (Lipinski definition) is 7. The van der Waals surface area contributed by atoms with Crippen LogP contribution in [0.3, 0.4) is 0 Å². The number of amides is 1. The smallest absolute Gasteiger partial charge is 0.415 e. The summed E-state index contributed by atoms with van der Waals surface area (Å²) >= 11 is 0. The first-order chi connectivity index (χ1) is 18.1. The molecule has 10 nitrogen and oxygen atoms in total. The predicted molar refractivity (Wildman–Crippen MR) is 146 cm³/mol. The molecule has 0 saturated heterocycles. The van der Waals surface area contributed by atoms with Gasteiger partial charge in [-0.3, -0.25) is 4.90 Å². The molecule has 0 heterocycles. The first kappa shape index (κ1) is 29.9. The molecule has 11 heteroatoms. The summed E-state index contributed by atoms with van der Waals surface area (Å²) < 4.78 is 30.6. The number of aryl methyl sites for hydroxylation is 1. The van der Waals surface area contributed by atoms with Gasteiger partial charge < -0.3 is 9.64 Å². The van der Waals surface area contributed by atoms with Gasteiger partial charge in [0.05, 0.1) is 37.3 Å². The molecule has 0 aliphatic carbocycles. The second-order valence-corrected chi connectivity index (χ2v) is 10.0. The summed E-state index contributed by atoms with van der Waals surface area (Å²) in [6, 6.07) is 16.4. The molecular formula is C27H30N6O4S. The van der Waals surface area contributed by atoms with Gasteiger partial charge in [-0.2, -0.15) is 5.26 Å². The average Bonchev–Trinajstić information content (AvgIpc) is 2.89. The number of hydrogen-bond donors (Lipinski definition) is 1. The van der Waals surface area contributed by atoms with Crippen molar-refractivity contribution >= 4 is 33.1 Å². The molecule has 0 bridgehead atoms. The second kappa shape index (κ2) is 13.8. The predicted octanol–water partition coefficient (Wildman–Crippen LogP) is 4.08. The third-order valence-electron chi connectivity index (χ3n) is 5.61. The van der Waals surface area contributed by atoms with Crippen molar-refractivity contribution in [2.24, 2.45) is 0 Å². The molecule has 1 unspecified atom stereocenters. The Kier molecular flexibility index (Phi) is 10.8. The summed E-state index contributed by atoms with van der Waals surface area (Å²) in [7, 11) is -3.32. The fourth-order valence-electron chi connectivity index (χ4n) is 3.92. The van der Waals surface area contributed by atoms with E-state index in [0.29, 0.717) is 29.9 Å². The average molecular weight is 535 g/mol. The number of carbonyl (C=O) groups is 1. The zero-order valence-corrected chi connectivity index (χ0v) is 22.6. The molecule has 2 aromatic carbocycles. The van der Waals surface area contributed by atoms with Gasteiger partial charge in [0.1, 0.15) is 6.04 Å². The van der Waals surface area contributed by atoms with E-state index in [1.807, 2.05) is 24.0 Å². The molecule has 0 fully saturated rings. The minimum Gasteiger partial charge on any atom is -0.449 e. The van der Waals surface area contributed by atoms with E-state index >= 15 is 0 Å². The van der Waals surface area contributed by atoms with Crippen molar-refractivity contribution in [3.8, 4) is 12.1 Å². The van der Waals surface area contributed by atoms with Gasteiger partial charge >= 0.3 is 6.09 Å². The molecule has 0 aliphatic heterocycles. The van der Waals surface area contributed by atoms with Crippen LogP contribution >= 0.6 is 0 Å². The third-order valence-corrected chi connectivity index (χ3v) is 6.34. The van der Waals surface area contributed by atoms with E-state index in [4.69, 9.17) is 11.3 Å². The SMILES string of the molecule is [C-]#[N+]C(C#N)=C(c1ccccc1)C(C#N)N(C(=O)OCC)c1ccc(N(CC)CCNS(C)(=O)=O)cc1C. The summed E-state index contributed by atoms with van der Waals surface area (Å²) in [5.74, 6) is 0. The summed E-state index contributed by atoms with van der Waals surface area (Å²) in [5, 5.41) is 20.0. The molecule has 198 valence electrons. The maximum atomic E-state index is 13.2. The van der Waals surface area contributed by atoms with Gasteiger partial charge in [0.15, 0.2) is 0 Å².